The molecule has 0 amide bonds. The van der Waals surface area contributed by atoms with Crippen LogP contribution in [0.2, 0.25) is 0 Å². The van der Waals surface area contributed by atoms with Gasteiger partial charge in [0.25, 0.3) is 0 Å². The van der Waals surface area contributed by atoms with E-state index in [4.69, 9.17) is 14.0 Å². The summed E-state index contributed by atoms with van der Waals surface area (Å²) in [5.41, 5.74) is 8.49. The summed E-state index contributed by atoms with van der Waals surface area (Å²) in [6.07, 6.45) is 9.73. The molecular weight excluding hydrogens is 641 g/mol. The Kier molecular flexibility index (Phi) is 9.75. The molecule has 7 heteroatoms. The standard InChI is InChI=1S/C45H52BN3O3/c1-44(2)45(3,4)52-46(51-44)38-30-47-49(31-38)28-25-33-23-26-48(27-24-33)39-18-15-36(16-19-39)43-41(35-13-9-6-10-14-35)21-17-37-29-40(20-22-42(37)43)50-32-34-11-7-5-8-12-34/h5-16,18-20,22,29-31,33,41,43H,17,21,23-28,32H2,1-4H3/t41-,43?/m1/s1. The fourth-order valence-electron chi connectivity index (χ4n) is 8.39. The highest BCUT2D eigenvalue weighted by molar-refractivity contribution is 6.62. The highest BCUT2D eigenvalue weighted by Gasteiger charge is 2.52. The van der Waals surface area contributed by atoms with Crippen LogP contribution in [0.25, 0.3) is 0 Å². The van der Waals surface area contributed by atoms with Gasteiger partial charge in [0.1, 0.15) is 12.4 Å². The Balaban J connectivity index is 0.905. The van der Waals surface area contributed by atoms with Gasteiger partial charge in [-0.15, -0.1) is 0 Å². The second-order valence-corrected chi connectivity index (χ2v) is 16.1. The predicted octanol–water partition coefficient (Wildman–Crippen LogP) is 8.93. The van der Waals surface area contributed by atoms with Crippen molar-refractivity contribution in [2.24, 2.45) is 5.92 Å². The number of ether oxygens (including phenoxy) is 1. The molecule has 1 aliphatic carbocycles. The van der Waals surface area contributed by atoms with Crippen molar-refractivity contribution < 1.29 is 14.0 Å². The van der Waals surface area contributed by atoms with E-state index in [0.717, 1.165) is 50.1 Å². The van der Waals surface area contributed by atoms with Crippen LogP contribution >= 0.6 is 0 Å². The molecule has 0 bridgehead atoms. The fraction of sp³-hybridized carbons (Fsp3) is 0.400. The van der Waals surface area contributed by atoms with Crippen molar-refractivity contribution in [2.45, 2.75) is 96.0 Å². The molecular formula is C45H52BN3O3. The summed E-state index contributed by atoms with van der Waals surface area (Å²) >= 11 is 0. The molecule has 2 fully saturated rings. The Morgan fingerprint density at radius 1 is 0.788 bits per heavy atom. The molecule has 1 aromatic heterocycles. The number of anilines is 1. The number of hydrogen-bond donors (Lipinski definition) is 0. The lowest BCUT2D eigenvalue weighted by atomic mass is 9.69. The van der Waals surface area contributed by atoms with Crippen molar-refractivity contribution in [3.8, 4) is 5.75 Å². The van der Waals surface area contributed by atoms with Crippen molar-refractivity contribution in [3.63, 3.8) is 0 Å². The summed E-state index contributed by atoms with van der Waals surface area (Å²) in [5.74, 6) is 2.40. The molecule has 0 spiro atoms. The third kappa shape index (κ3) is 7.31. The lowest BCUT2D eigenvalue weighted by molar-refractivity contribution is 0.00578. The number of fused-ring (bicyclic) bond motifs is 1. The third-order valence-electron chi connectivity index (χ3n) is 12.2. The quantitative estimate of drug-likeness (QED) is 0.137. The molecule has 0 saturated carbocycles. The normalized spacial score (nSPS) is 21.2. The Morgan fingerprint density at radius 3 is 2.19 bits per heavy atom. The summed E-state index contributed by atoms with van der Waals surface area (Å²) < 4.78 is 20.8. The first-order chi connectivity index (χ1) is 25.2. The van der Waals surface area contributed by atoms with Crippen LogP contribution in [0.3, 0.4) is 0 Å². The molecule has 3 aliphatic rings. The highest BCUT2D eigenvalue weighted by Crippen LogP contribution is 2.47. The molecule has 2 atom stereocenters. The Hall–Kier alpha value is -4.33. The molecule has 268 valence electrons. The van der Waals surface area contributed by atoms with Crippen LogP contribution in [0.1, 0.15) is 93.0 Å². The fourth-order valence-corrected chi connectivity index (χ4v) is 8.39. The van der Waals surface area contributed by atoms with Crippen LogP contribution in [0, 0.1) is 5.92 Å². The number of aromatic nitrogens is 2. The van der Waals surface area contributed by atoms with E-state index in [1.54, 1.807) is 0 Å². The van der Waals surface area contributed by atoms with Crippen LogP contribution < -0.4 is 15.1 Å². The summed E-state index contributed by atoms with van der Waals surface area (Å²) in [6.45, 7) is 12.1. The zero-order valence-electron chi connectivity index (χ0n) is 31.2. The van der Waals surface area contributed by atoms with Crippen molar-refractivity contribution in [1.29, 1.82) is 0 Å². The first kappa shape index (κ1) is 34.7. The van der Waals surface area contributed by atoms with Gasteiger partial charge in [-0.05, 0) is 124 Å². The first-order valence-electron chi connectivity index (χ1n) is 19.3. The van der Waals surface area contributed by atoms with Gasteiger partial charge in [-0.25, -0.2) is 0 Å². The topological polar surface area (TPSA) is 48.8 Å². The van der Waals surface area contributed by atoms with Gasteiger partial charge in [-0.1, -0.05) is 78.9 Å². The summed E-state index contributed by atoms with van der Waals surface area (Å²) in [6, 6.07) is 37.8. The van der Waals surface area contributed by atoms with Crippen LogP contribution in [-0.2, 0) is 28.9 Å². The van der Waals surface area contributed by atoms with Gasteiger partial charge in [0.05, 0.1) is 11.2 Å². The number of aryl methyl sites for hydroxylation is 2. The van der Waals surface area contributed by atoms with Gasteiger partial charge in [-0.3, -0.25) is 4.68 Å². The van der Waals surface area contributed by atoms with Gasteiger partial charge in [0.15, 0.2) is 0 Å². The molecule has 5 aromatic rings. The zero-order chi connectivity index (χ0) is 35.7. The molecule has 8 rings (SSSR count). The average molecular weight is 694 g/mol. The molecule has 2 aliphatic heterocycles. The molecule has 52 heavy (non-hydrogen) atoms. The minimum atomic E-state index is -0.358. The predicted molar refractivity (Wildman–Crippen MR) is 211 cm³/mol. The second-order valence-electron chi connectivity index (χ2n) is 16.1. The minimum Gasteiger partial charge on any atom is -0.489 e. The smallest absolute Gasteiger partial charge is 0.489 e. The number of hydrogen-bond acceptors (Lipinski definition) is 5. The maximum Gasteiger partial charge on any atom is 0.498 e. The van der Waals surface area contributed by atoms with E-state index in [1.165, 1.54) is 46.3 Å². The van der Waals surface area contributed by atoms with Crippen LogP contribution in [0.4, 0.5) is 5.69 Å². The Morgan fingerprint density at radius 2 is 1.48 bits per heavy atom. The minimum absolute atomic E-state index is 0.307. The molecule has 3 heterocycles. The number of piperidine rings is 1. The Labute approximate surface area is 310 Å². The zero-order valence-corrected chi connectivity index (χ0v) is 31.2. The van der Waals surface area contributed by atoms with Crippen LogP contribution in [-0.4, -0.2) is 41.2 Å². The molecule has 4 aromatic carbocycles. The van der Waals surface area contributed by atoms with Gasteiger partial charge in [0, 0.05) is 49.1 Å². The first-order valence-corrected chi connectivity index (χ1v) is 19.3. The Bertz CT molecular complexity index is 1920. The summed E-state index contributed by atoms with van der Waals surface area (Å²) in [7, 11) is -0.358. The third-order valence-corrected chi connectivity index (χ3v) is 12.2. The molecule has 0 N–H and O–H groups in total. The number of nitrogens with zero attached hydrogens (tertiary/aromatic N) is 3. The lowest BCUT2D eigenvalue weighted by Crippen LogP contribution is -2.41. The van der Waals surface area contributed by atoms with Gasteiger partial charge >= 0.3 is 7.12 Å². The largest absolute Gasteiger partial charge is 0.498 e. The number of benzene rings is 4. The van der Waals surface area contributed by atoms with Crippen molar-refractivity contribution >= 4 is 18.3 Å². The molecule has 2 saturated heterocycles. The second kappa shape index (κ2) is 14.6. The van der Waals surface area contributed by atoms with E-state index in [1.807, 2.05) is 12.3 Å². The molecule has 6 nitrogen and oxygen atoms in total. The van der Waals surface area contributed by atoms with Crippen molar-refractivity contribution in [1.82, 2.24) is 9.78 Å². The van der Waals surface area contributed by atoms with Gasteiger partial charge < -0.3 is 18.9 Å². The van der Waals surface area contributed by atoms with Gasteiger partial charge in [0.2, 0.25) is 0 Å². The van der Waals surface area contributed by atoms with E-state index < -0.39 is 0 Å². The van der Waals surface area contributed by atoms with E-state index in [9.17, 15) is 0 Å². The summed E-state index contributed by atoms with van der Waals surface area (Å²) in [5, 5.41) is 4.65. The lowest BCUT2D eigenvalue weighted by Gasteiger charge is -2.36. The van der Waals surface area contributed by atoms with Gasteiger partial charge in [-0.2, -0.15) is 5.10 Å². The highest BCUT2D eigenvalue weighted by atomic mass is 16.7. The molecule has 0 radical (unpaired) electrons. The van der Waals surface area contributed by atoms with Crippen LogP contribution in [0.15, 0.2) is 116 Å². The monoisotopic (exact) mass is 693 g/mol. The average Bonchev–Trinajstić information content (AvgIpc) is 3.74. The van der Waals surface area contributed by atoms with E-state index in [0.29, 0.717) is 24.4 Å². The van der Waals surface area contributed by atoms with Crippen LogP contribution in [0.5, 0.6) is 5.75 Å². The van der Waals surface area contributed by atoms with E-state index in [-0.39, 0.29) is 18.3 Å². The van der Waals surface area contributed by atoms with E-state index >= 15 is 0 Å². The van der Waals surface area contributed by atoms with E-state index in [2.05, 4.69) is 146 Å². The number of rotatable bonds is 10. The van der Waals surface area contributed by atoms with Crippen molar-refractivity contribution in [2.75, 3.05) is 18.0 Å². The maximum atomic E-state index is 6.25. The van der Waals surface area contributed by atoms with Crippen molar-refractivity contribution in [3.05, 3.63) is 143 Å². The SMILES string of the molecule is CC1(C)OB(c2cnn(CCC3CCN(c4ccc(C5c6ccc(OCc7ccccc7)cc6CC[C@@H]5c5ccccc5)cc4)CC3)c2)OC1(C)C. The summed E-state index contributed by atoms with van der Waals surface area (Å²) in [4.78, 5) is 2.57. The molecule has 1 unspecified atom stereocenters. The maximum absolute atomic E-state index is 6.25.